The molecule has 3 aromatic rings. The smallest absolute Gasteiger partial charge is 0.272 e. The summed E-state index contributed by atoms with van der Waals surface area (Å²) in [7, 11) is 1.67. The zero-order valence-electron chi connectivity index (χ0n) is 16.3. The minimum Gasteiger partial charge on any atom is -0.489 e. The number of anilines is 1. The van der Waals surface area contributed by atoms with Gasteiger partial charge in [-0.15, -0.1) is 0 Å². The second-order valence-corrected chi connectivity index (χ2v) is 7.02. The maximum absolute atomic E-state index is 12.8. The molecule has 0 saturated carbocycles. The summed E-state index contributed by atoms with van der Waals surface area (Å²) >= 11 is 0. The van der Waals surface area contributed by atoms with Crippen LogP contribution in [0.1, 0.15) is 21.7 Å². The zero-order chi connectivity index (χ0) is 20.4. The Hall–Kier alpha value is -3.61. The molecule has 7 nitrogen and oxygen atoms in total. The molecule has 2 amide bonds. The number of aryl methyl sites for hydroxylation is 1. The molecule has 148 valence electrons. The molecule has 1 aromatic heterocycles. The van der Waals surface area contributed by atoms with Gasteiger partial charge in [-0.2, -0.15) is 5.10 Å². The van der Waals surface area contributed by atoms with Crippen molar-refractivity contribution in [3.05, 3.63) is 77.6 Å². The minimum absolute atomic E-state index is 0.0651. The third kappa shape index (κ3) is 3.85. The largest absolute Gasteiger partial charge is 0.489 e. The highest BCUT2D eigenvalue weighted by molar-refractivity contribution is 6.02. The summed E-state index contributed by atoms with van der Waals surface area (Å²) in [5, 5.41) is 7.18. The van der Waals surface area contributed by atoms with Gasteiger partial charge in [0, 0.05) is 12.7 Å². The Kier molecular flexibility index (Phi) is 5.03. The van der Waals surface area contributed by atoms with Crippen LogP contribution in [0.2, 0.25) is 0 Å². The number of fused-ring (bicyclic) bond motifs is 1. The van der Waals surface area contributed by atoms with Crippen molar-refractivity contribution < 1.29 is 14.3 Å². The number of benzene rings is 2. The molecule has 29 heavy (non-hydrogen) atoms. The van der Waals surface area contributed by atoms with Gasteiger partial charge >= 0.3 is 0 Å². The molecule has 0 fully saturated rings. The average molecular weight is 390 g/mol. The number of para-hydroxylation sites is 2. The van der Waals surface area contributed by atoms with Crippen LogP contribution >= 0.6 is 0 Å². The zero-order valence-corrected chi connectivity index (χ0v) is 16.3. The molecule has 0 spiro atoms. The Morgan fingerprint density at radius 1 is 1.17 bits per heavy atom. The lowest BCUT2D eigenvalue weighted by molar-refractivity contribution is -0.120. The highest BCUT2D eigenvalue weighted by atomic mass is 16.5. The van der Waals surface area contributed by atoms with Crippen molar-refractivity contribution in [1.29, 1.82) is 0 Å². The van der Waals surface area contributed by atoms with E-state index >= 15 is 0 Å². The third-order valence-electron chi connectivity index (χ3n) is 4.96. The minimum atomic E-state index is -0.792. The number of aromatic nitrogens is 2. The molecule has 1 unspecified atom stereocenters. The van der Waals surface area contributed by atoms with Crippen LogP contribution in [-0.2, 0) is 11.3 Å². The van der Waals surface area contributed by atoms with Gasteiger partial charge in [0.15, 0.2) is 0 Å². The maximum atomic E-state index is 12.8. The van der Waals surface area contributed by atoms with Gasteiger partial charge in [0.25, 0.3) is 11.8 Å². The molecule has 0 saturated heterocycles. The van der Waals surface area contributed by atoms with Gasteiger partial charge in [-0.3, -0.25) is 14.3 Å². The normalized spacial score (nSPS) is 16.0. The first-order valence-electron chi connectivity index (χ1n) is 9.41. The summed E-state index contributed by atoms with van der Waals surface area (Å²) in [4.78, 5) is 27.1. The highest BCUT2D eigenvalue weighted by Crippen LogP contribution is 2.29. The van der Waals surface area contributed by atoms with E-state index in [9.17, 15) is 9.59 Å². The van der Waals surface area contributed by atoms with Crippen molar-refractivity contribution in [3.63, 3.8) is 0 Å². The standard InChI is InChI=1S/C22H22N4O3/c1-15-12-17(24-26(15)13-16-8-4-3-5-9-16)21(27)23-18-14-29-20-11-7-6-10-19(20)25(2)22(18)28/h3-12,18H,13-14H2,1-2H3,(H,23,27). The fraction of sp³-hybridized carbons (Fsp3) is 0.227. The van der Waals surface area contributed by atoms with Crippen molar-refractivity contribution in [3.8, 4) is 5.75 Å². The number of amides is 2. The molecule has 0 radical (unpaired) electrons. The fourth-order valence-corrected chi connectivity index (χ4v) is 3.33. The van der Waals surface area contributed by atoms with Gasteiger partial charge < -0.3 is 15.0 Å². The summed E-state index contributed by atoms with van der Waals surface area (Å²) in [5.74, 6) is -0.0203. The molecule has 4 rings (SSSR count). The molecule has 7 heteroatoms. The maximum Gasteiger partial charge on any atom is 0.272 e. The summed E-state index contributed by atoms with van der Waals surface area (Å²) < 4.78 is 7.52. The first-order valence-corrected chi connectivity index (χ1v) is 9.41. The van der Waals surface area contributed by atoms with Crippen LogP contribution in [0.25, 0.3) is 0 Å². The second kappa shape index (κ2) is 7.79. The van der Waals surface area contributed by atoms with Crippen molar-refractivity contribution in [1.82, 2.24) is 15.1 Å². The van der Waals surface area contributed by atoms with Crippen LogP contribution < -0.4 is 15.0 Å². The van der Waals surface area contributed by atoms with Gasteiger partial charge in [0.2, 0.25) is 0 Å². The molecule has 2 heterocycles. The Morgan fingerprint density at radius 3 is 2.69 bits per heavy atom. The highest BCUT2D eigenvalue weighted by Gasteiger charge is 2.31. The number of likely N-dealkylation sites (N-methyl/N-ethyl adjacent to an activating group) is 1. The number of carbonyl (C=O) groups excluding carboxylic acids is 2. The topological polar surface area (TPSA) is 76.5 Å². The summed E-state index contributed by atoms with van der Waals surface area (Å²) in [6.45, 7) is 2.54. The molecule has 0 aliphatic carbocycles. The van der Waals surface area contributed by atoms with Crippen LogP contribution in [0.5, 0.6) is 5.75 Å². The monoisotopic (exact) mass is 390 g/mol. The van der Waals surface area contributed by atoms with E-state index in [4.69, 9.17) is 4.74 Å². The van der Waals surface area contributed by atoms with E-state index in [1.54, 1.807) is 23.9 Å². The number of carbonyl (C=O) groups is 2. The van der Waals surface area contributed by atoms with Crippen molar-refractivity contribution >= 4 is 17.5 Å². The van der Waals surface area contributed by atoms with E-state index in [0.717, 1.165) is 11.3 Å². The van der Waals surface area contributed by atoms with Crippen molar-refractivity contribution in [2.45, 2.75) is 19.5 Å². The van der Waals surface area contributed by atoms with E-state index in [0.29, 0.717) is 18.0 Å². The van der Waals surface area contributed by atoms with Crippen molar-refractivity contribution in [2.75, 3.05) is 18.6 Å². The van der Waals surface area contributed by atoms with E-state index < -0.39 is 11.9 Å². The molecule has 2 aromatic carbocycles. The second-order valence-electron chi connectivity index (χ2n) is 7.02. The molecular weight excluding hydrogens is 368 g/mol. The number of rotatable bonds is 4. The van der Waals surface area contributed by atoms with E-state index in [1.807, 2.05) is 55.5 Å². The Morgan fingerprint density at radius 2 is 1.90 bits per heavy atom. The Labute approximate surface area is 168 Å². The van der Waals surface area contributed by atoms with Crippen LogP contribution in [0, 0.1) is 6.92 Å². The number of ether oxygens (including phenoxy) is 1. The number of nitrogens with zero attached hydrogens (tertiary/aromatic N) is 3. The van der Waals surface area contributed by atoms with Crippen LogP contribution in [-0.4, -0.2) is 41.3 Å². The fourth-order valence-electron chi connectivity index (χ4n) is 3.33. The predicted octanol–water partition coefficient (Wildman–Crippen LogP) is 2.39. The van der Waals surface area contributed by atoms with E-state index in [2.05, 4.69) is 10.4 Å². The van der Waals surface area contributed by atoms with Gasteiger partial charge in [0.1, 0.15) is 24.1 Å². The first-order chi connectivity index (χ1) is 14.0. The Balaban J connectivity index is 1.48. The number of hydrogen-bond donors (Lipinski definition) is 1. The molecule has 0 bridgehead atoms. The Bertz CT molecular complexity index is 1050. The van der Waals surface area contributed by atoms with E-state index in [1.165, 1.54) is 4.90 Å². The van der Waals surface area contributed by atoms with Gasteiger partial charge in [0.05, 0.1) is 12.2 Å². The molecule has 1 N–H and O–H groups in total. The molecule has 1 atom stereocenters. The SMILES string of the molecule is Cc1cc(C(=O)NC2COc3ccccc3N(C)C2=O)nn1Cc1ccccc1. The average Bonchev–Trinajstić information content (AvgIpc) is 3.06. The molecule has 1 aliphatic heterocycles. The van der Waals surface area contributed by atoms with Gasteiger partial charge in [-0.1, -0.05) is 42.5 Å². The summed E-state index contributed by atoms with van der Waals surface area (Å²) in [5.41, 5.74) is 2.91. The van der Waals surface area contributed by atoms with Crippen LogP contribution in [0.4, 0.5) is 5.69 Å². The van der Waals surface area contributed by atoms with Gasteiger partial charge in [-0.05, 0) is 30.7 Å². The number of hydrogen-bond acceptors (Lipinski definition) is 4. The predicted molar refractivity (Wildman–Crippen MR) is 109 cm³/mol. The summed E-state index contributed by atoms with van der Waals surface area (Å²) in [6.07, 6.45) is 0. The first kappa shape index (κ1) is 18.7. The van der Waals surface area contributed by atoms with Gasteiger partial charge in [-0.25, -0.2) is 0 Å². The summed E-state index contributed by atoms with van der Waals surface area (Å²) in [6, 6.07) is 18.1. The lowest BCUT2D eigenvalue weighted by Gasteiger charge is -2.20. The lowest BCUT2D eigenvalue weighted by atomic mass is 10.2. The van der Waals surface area contributed by atoms with Crippen LogP contribution in [0.3, 0.4) is 0 Å². The lowest BCUT2D eigenvalue weighted by Crippen LogP contribution is -2.49. The number of nitrogens with one attached hydrogen (secondary N) is 1. The molecule has 1 aliphatic rings. The van der Waals surface area contributed by atoms with E-state index in [-0.39, 0.29) is 18.2 Å². The third-order valence-corrected chi connectivity index (χ3v) is 4.96. The van der Waals surface area contributed by atoms with Crippen LogP contribution in [0.15, 0.2) is 60.7 Å². The quantitative estimate of drug-likeness (QED) is 0.742. The molecular formula is C22H22N4O3. The van der Waals surface area contributed by atoms with Crippen molar-refractivity contribution in [2.24, 2.45) is 0 Å².